The number of carboxylic acids is 1. The third kappa shape index (κ3) is 2.44. The summed E-state index contributed by atoms with van der Waals surface area (Å²) >= 11 is 10.9. The molecule has 3 aromatic rings. The fourth-order valence-electron chi connectivity index (χ4n) is 1.81. The molecule has 100 valence electrons. The summed E-state index contributed by atoms with van der Waals surface area (Å²) in [5.41, 5.74) is 1.96. The molecule has 1 aromatic heterocycles. The predicted octanol–water partition coefficient (Wildman–Crippen LogP) is 5.08. The summed E-state index contributed by atoms with van der Waals surface area (Å²) in [6.07, 6.45) is 0. The molecule has 0 aliphatic rings. The van der Waals surface area contributed by atoms with E-state index in [1.54, 1.807) is 18.2 Å². The smallest absolute Gasteiger partial charge is 0.335 e. The molecular weight excluding hydrogens is 362 g/mol. The highest BCUT2D eigenvalue weighted by molar-refractivity contribution is 9.10. The van der Waals surface area contributed by atoms with Crippen molar-refractivity contribution in [2.45, 2.75) is 0 Å². The van der Waals surface area contributed by atoms with Crippen molar-refractivity contribution in [3.05, 3.63) is 51.5 Å². The molecule has 2 aromatic carbocycles. The molecule has 1 heterocycles. The van der Waals surface area contributed by atoms with E-state index in [9.17, 15) is 4.79 Å². The predicted molar refractivity (Wildman–Crippen MR) is 84.7 cm³/mol. The largest absolute Gasteiger partial charge is 0.478 e. The van der Waals surface area contributed by atoms with Crippen molar-refractivity contribution < 1.29 is 9.90 Å². The summed E-state index contributed by atoms with van der Waals surface area (Å²) in [5.74, 6) is -0.937. The summed E-state index contributed by atoms with van der Waals surface area (Å²) in [7, 11) is 0. The molecule has 3 nitrogen and oxygen atoms in total. The first-order valence-corrected chi connectivity index (χ1v) is 7.62. The Kier molecular flexibility index (Phi) is 3.50. The fourth-order valence-corrected chi connectivity index (χ4v) is 3.24. The minimum atomic E-state index is -0.937. The molecule has 0 bridgehead atoms. The Morgan fingerprint density at radius 2 is 2.05 bits per heavy atom. The molecule has 0 unspecified atom stereocenters. The average molecular weight is 369 g/mol. The number of carboxylic acid groups (broad SMARTS) is 1. The first-order chi connectivity index (χ1) is 9.54. The van der Waals surface area contributed by atoms with Crippen LogP contribution in [0.1, 0.15) is 10.4 Å². The zero-order valence-electron chi connectivity index (χ0n) is 9.93. The lowest BCUT2D eigenvalue weighted by atomic mass is 10.2. The van der Waals surface area contributed by atoms with Crippen LogP contribution in [0.5, 0.6) is 0 Å². The minimum absolute atomic E-state index is 0.265. The molecule has 20 heavy (non-hydrogen) atoms. The van der Waals surface area contributed by atoms with Gasteiger partial charge in [-0.3, -0.25) is 0 Å². The molecule has 0 aliphatic carbocycles. The van der Waals surface area contributed by atoms with E-state index in [1.165, 1.54) is 11.3 Å². The highest BCUT2D eigenvalue weighted by atomic mass is 79.9. The molecule has 0 spiro atoms. The lowest BCUT2D eigenvalue weighted by Gasteiger charge is -1.98. The Labute approximate surface area is 132 Å². The van der Waals surface area contributed by atoms with E-state index >= 15 is 0 Å². The van der Waals surface area contributed by atoms with Crippen LogP contribution < -0.4 is 0 Å². The number of carbonyl (C=O) groups is 1. The molecule has 1 N–H and O–H groups in total. The summed E-state index contributed by atoms with van der Waals surface area (Å²) in [6.45, 7) is 0. The number of rotatable bonds is 2. The monoisotopic (exact) mass is 367 g/mol. The second kappa shape index (κ2) is 5.16. The van der Waals surface area contributed by atoms with Gasteiger partial charge in [-0.1, -0.05) is 17.7 Å². The summed E-state index contributed by atoms with van der Waals surface area (Å²) < 4.78 is 1.68. The maximum atomic E-state index is 11.0. The van der Waals surface area contributed by atoms with Gasteiger partial charge in [0.1, 0.15) is 5.01 Å². The van der Waals surface area contributed by atoms with Gasteiger partial charge >= 0.3 is 5.97 Å². The number of aromatic carboxylic acids is 1. The van der Waals surface area contributed by atoms with Gasteiger partial charge in [-0.2, -0.15) is 0 Å². The van der Waals surface area contributed by atoms with Crippen molar-refractivity contribution in [1.29, 1.82) is 0 Å². The van der Waals surface area contributed by atoms with Gasteiger partial charge in [-0.05, 0) is 46.3 Å². The average Bonchev–Trinajstić information content (AvgIpc) is 2.84. The Morgan fingerprint density at radius 1 is 1.25 bits per heavy atom. The Balaban J connectivity index is 2.12. The Hall–Kier alpha value is -1.43. The number of hydrogen-bond acceptors (Lipinski definition) is 3. The summed E-state index contributed by atoms with van der Waals surface area (Å²) in [5, 5.41) is 10.4. The van der Waals surface area contributed by atoms with Crippen LogP contribution >= 0.6 is 38.9 Å². The van der Waals surface area contributed by atoms with E-state index in [-0.39, 0.29) is 5.56 Å². The maximum absolute atomic E-state index is 11.0. The van der Waals surface area contributed by atoms with Crippen LogP contribution in [0.25, 0.3) is 20.8 Å². The second-order valence-corrected chi connectivity index (χ2v) is 6.43. The zero-order chi connectivity index (χ0) is 14.3. The number of fused-ring (bicyclic) bond motifs is 1. The van der Waals surface area contributed by atoms with Crippen LogP contribution in [0.2, 0.25) is 5.02 Å². The molecule has 0 aliphatic heterocycles. The van der Waals surface area contributed by atoms with Gasteiger partial charge in [-0.15, -0.1) is 11.3 Å². The van der Waals surface area contributed by atoms with Crippen LogP contribution in [0, 0.1) is 0 Å². The fraction of sp³-hybridized carbons (Fsp3) is 0. The molecule has 0 radical (unpaired) electrons. The first kappa shape index (κ1) is 13.5. The molecule has 0 saturated heterocycles. The van der Waals surface area contributed by atoms with Gasteiger partial charge < -0.3 is 5.11 Å². The van der Waals surface area contributed by atoms with Crippen LogP contribution in [-0.4, -0.2) is 16.1 Å². The van der Waals surface area contributed by atoms with Crippen LogP contribution in [0.3, 0.4) is 0 Å². The molecule has 0 saturated carbocycles. The van der Waals surface area contributed by atoms with E-state index in [2.05, 4.69) is 20.9 Å². The van der Waals surface area contributed by atoms with Crippen molar-refractivity contribution in [3.63, 3.8) is 0 Å². The van der Waals surface area contributed by atoms with Crippen molar-refractivity contribution in [3.8, 4) is 10.6 Å². The lowest BCUT2D eigenvalue weighted by molar-refractivity contribution is 0.0697. The lowest BCUT2D eigenvalue weighted by Crippen LogP contribution is -1.94. The quantitative estimate of drug-likeness (QED) is 0.686. The van der Waals surface area contributed by atoms with Crippen molar-refractivity contribution in [2.24, 2.45) is 0 Å². The molecule has 0 atom stereocenters. The number of hydrogen-bond donors (Lipinski definition) is 1. The number of halogens is 2. The van der Waals surface area contributed by atoms with Crippen molar-refractivity contribution >= 4 is 55.1 Å². The maximum Gasteiger partial charge on any atom is 0.335 e. The zero-order valence-corrected chi connectivity index (χ0v) is 13.1. The van der Waals surface area contributed by atoms with Gasteiger partial charge in [0.2, 0.25) is 0 Å². The summed E-state index contributed by atoms with van der Waals surface area (Å²) in [4.78, 5) is 15.5. The van der Waals surface area contributed by atoms with E-state index in [0.29, 0.717) is 5.02 Å². The van der Waals surface area contributed by atoms with Gasteiger partial charge in [0.15, 0.2) is 0 Å². The van der Waals surface area contributed by atoms with Gasteiger partial charge in [-0.25, -0.2) is 9.78 Å². The molecular formula is C14H7BrClNO2S. The number of aromatic nitrogens is 1. The van der Waals surface area contributed by atoms with Crippen LogP contribution in [0.15, 0.2) is 40.9 Å². The van der Waals surface area contributed by atoms with Gasteiger partial charge in [0.05, 0.1) is 20.8 Å². The second-order valence-electron chi connectivity index (χ2n) is 4.14. The highest BCUT2D eigenvalue weighted by Crippen LogP contribution is 2.34. The molecule has 3 rings (SSSR count). The van der Waals surface area contributed by atoms with Gasteiger partial charge in [0.25, 0.3) is 0 Å². The SMILES string of the molecule is O=C(O)c1ccc2nc(-c3ccc(Br)c(Cl)c3)sc2c1. The van der Waals surface area contributed by atoms with Crippen LogP contribution in [-0.2, 0) is 0 Å². The van der Waals surface area contributed by atoms with E-state index < -0.39 is 5.97 Å². The van der Waals surface area contributed by atoms with Crippen molar-refractivity contribution in [1.82, 2.24) is 4.98 Å². The Bertz CT molecular complexity index is 831. The normalized spacial score (nSPS) is 10.9. The molecule has 6 heteroatoms. The number of nitrogens with zero attached hydrogens (tertiary/aromatic N) is 1. The minimum Gasteiger partial charge on any atom is -0.478 e. The van der Waals surface area contributed by atoms with E-state index in [0.717, 1.165) is 25.3 Å². The van der Waals surface area contributed by atoms with Crippen LogP contribution in [0.4, 0.5) is 0 Å². The number of benzene rings is 2. The van der Waals surface area contributed by atoms with Crippen molar-refractivity contribution in [2.75, 3.05) is 0 Å². The van der Waals surface area contributed by atoms with Gasteiger partial charge in [0, 0.05) is 10.0 Å². The third-order valence-electron chi connectivity index (χ3n) is 2.80. The third-order valence-corrected chi connectivity index (χ3v) is 5.10. The Morgan fingerprint density at radius 3 is 2.75 bits per heavy atom. The standard InChI is InChI=1S/C14H7BrClNO2S/c15-9-3-1-7(5-10(9)16)13-17-11-4-2-8(14(18)19)6-12(11)20-13/h1-6H,(H,18,19). The molecule has 0 fully saturated rings. The summed E-state index contributed by atoms with van der Waals surface area (Å²) in [6, 6.07) is 10.5. The first-order valence-electron chi connectivity index (χ1n) is 5.64. The molecule has 0 amide bonds. The van der Waals surface area contributed by atoms with E-state index in [1.807, 2.05) is 18.2 Å². The highest BCUT2D eigenvalue weighted by Gasteiger charge is 2.10. The topological polar surface area (TPSA) is 50.2 Å². The van der Waals surface area contributed by atoms with E-state index in [4.69, 9.17) is 16.7 Å². The number of thiazole rings is 1.